The van der Waals surface area contributed by atoms with Crippen molar-refractivity contribution < 1.29 is 9.72 Å². The molecule has 0 spiro atoms. The summed E-state index contributed by atoms with van der Waals surface area (Å²) in [5, 5.41) is 10.8. The fourth-order valence-corrected chi connectivity index (χ4v) is 3.13. The number of rotatable bonds is 3. The Balaban J connectivity index is 1.90. The lowest BCUT2D eigenvalue weighted by Gasteiger charge is -2.34. The van der Waals surface area contributed by atoms with Gasteiger partial charge in [-0.25, -0.2) is 9.97 Å². The zero-order valence-electron chi connectivity index (χ0n) is 12.8. The molecule has 1 saturated heterocycles. The molecule has 1 aromatic heterocycles. The highest BCUT2D eigenvalue weighted by atomic mass is 35.5. The minimum absolute atomic E-state index is 0.0460. The lowest BCUT2D eigenvalue weighted by atomic mass is 10.00. The molecule has 2 aromatic rings. The lowest BCUT2D eigenvalue weighted by molar-refractivity contribution is -0.384. The zero-order chi connectivity index (χ0) is 17.1. The predicted octanol–water partition coefficient (Wildman–Crippen LogP) is 3.41. The molecule has 7 nitrogen and oxygen atoms in total. The Morgan fingerprint density at radius 2 is 2.04 bits per heavy atom. The molecule has 0 saturated carbocycles. The van der Waals surface area contributed by atoms with Crippen molar-refractivity contribution in [2.45, 2.75) is 25.3 Å². The Morgan fingerprint density at radius 3 is 2.71 bits per heavy atom. The molecule has 0 bridgehead atoms. The average Bonchev–Trinajstić information content (AvgIpc) is 2.61. The maximum absolute atomic E-state index is 12.9. The second kappa shape index (κ2) is 6.92. The number of hydrogen-bond donors (Lipinski definition) is 0. The van der Waals surface area contributed by atoms with Crippen molar-refractivity contribution in [3.8, 4) is 0 Å². The molecule has 3 rings (SSSR count). The van der Waals surface area contributed by atoms with Gasteiger partial charge in [-0.15, -0.1) is 0 Å². The fraction of sp³-hybridized carbons (Fsp3) is 0.312. The molecule has 1 fully saturated rings. The van der Waals surface area contributed by atoms with Crippen LogP contribution in [0.2, 0.25) is 5.02 Å². The number of carbonyl (C=O) groups excluding carboxylic acids is 1. The van der Waals surface area contributed by atoms with Crippen LogP contribution < -0.4 is 0 Å². The van der Waals surface area contributed by atoms with Crippen LogP contribution in [0.5, 0.6) is 0 Å². The number of hydrogen-bond acceptors (Lipinski definition) is 5. The molecule has 1 aromatic carbocycles. The smallest absolute Gasteiger partial charge is 0.287 e. The van der Waals surface area contributed by atoms with Crippen molar-refractivity contribution in [2.75, 3.05) is 6.54 Å². The molecule has 8 heteroatoms. The van der Waals surface area contributed by atoms with Gasteiger partial charge in [0, 0.05) is 30.6 Å². The van der Waals surface area contributed by atoms with E-state index in [0.29, 0.717) is 17.9 Å². The summed E-state index contributed by atoms with van der Waals surface area (Å²) < 4.78 is 0. The van der Waals surface area contributed by atoms with Crippen LogP contribution in [-0.4, -0.2) is 32.2 Å². The Morgan fingerprint density at radius 1 is 1.29 bits per heavy atom. The van der Waals surface area contributed by atoms with E-state index in [1.54, 1.807) is 23.4 Å². The first-order valence-electron chi connectivity index (χ1n) is 7.60. The third-order valence-electron chi connectivity index (χ3n) is 4.04. The van der Waals surface area contributed by atoms with E-state index in [1.807, 2.05) is 0 Å². The van der Waals surface area contributed by atoms with Crippen molar-refractivity contribution >= 4 is 23.2 Å². The van der Waals surface area contributed by atoms with E-state index in [1.165, 1.54) is 18.2 Å². The Labute approximate surface area is 143 Å². The number of benzene rings is 1. The van der Waals surface area contributed by atoms with E-state index < -0.39 is 4.92 Å². The Hall–Kier alpha value is -2.54. The van der Waals surface area contributed by atoms with Gasteiger partial charge in [-0.3, -0.25) is 14.9 Å². The van der Waals surface area contributed by atoms with Gasteiger partial charge in [0.15, 0.2) is 5.82 Å². The number of nitro groups is 1. The predicted molar refractivity (Wildman–Crippen MR) is 87.8 cm³/mol. The molecular weight excluding hydrogens is 332 g/mol. The number of nitro benzene ring substituents is 1. The normalized spacial score (nSPS) is 17.5. The number of amides is 1. The largest absolute Gasteiger partial charge is 0.328 e. The van der Waals surface area contributed by atoms with Gasteiger partial charge in [-0.2, -0.15) is 0 Å². The average molecular weight is 347 g/mol. The molecule has 1 aliphatic rings. The van der Waals surface area contributed by atoms with Crippen LogP contribution in [-0.2, 0) is 0 Å². The van der Waals surface area contributed by atoms with E-state index in [4.69, 9.17) is 11.6 Å². The van der Waals surface area contributed by atoms with Gasteiger partial charge in [0.05, 0.1) is 11.0 Å². The highest BCUT2D eigenvalue weighted by molar-refractivity contribution is 6.33. The maximum Gasteiger partial charge on any atom is 0.287 e. The van der Waals surface area contributed by atoms with Crippen molar-refractivity contribution in [1.29, 1.82) is 0 Å². The minimum Gasteiger partial charge on any atom is -0.328 e. The fourth-order valence-electron chi connectivity index (χ4n) is 2.88. The molecule has 1 atom stereocenters. The van der Waals surface area contributed by atoms with Gasteiger partial charge < -0.3 is 4.90 Å². The molecule has 1 aliphatic heterocycles. The second-order valence-electron chi connectivity index (χ2n) is 5.54. The third kappa shape index (κ3) is 3.21. The summed E-state index contributed by atoms with van der Waals surface area (Å²) in [5.41, 5.74) is 0.114. The molecule has 24 heavy (non-hydrogen) atoms. The van der Waals surface area contributed by atoms with E-state index in [9.17, 15) is 14.9 Å². The third-order valence-corrected chi connectivity index (χ3v) is 4.34. The van der Waals surface area contributed by atoms with E-state index in [2.05, 4.69) is 9.97 Å². The Kier molecular flexibility index (Phi) is 4.71. The minimum atomic E-state index is -0.571. The maximum atomic E-state index is 12.9. The van der Waals surface area contributed by atoms with Crippen molar-refractivity contribution in [2.24, 2.45) is 0 Å². The number of nitrogens with zero attached hydrogens (tertiary/aromatic N) is 4. The van der Waals surface area contributed by atoms with Crippen LogP contribution >= 0.6 is 11.6 Å². The standard InChI is InChI=1S/C16H15ClN4O3/c17-12-10-11(5-6-13(12)21(23)24)16(22)20-9-2-1-4-14(20)15-18-7-3-8-19-15/h3,5-8,10,14H,1-2,4,9H2. The summed E-state index contributed by atoms with van der Waals surface area (Å²) in [4.78, 5) is 33.4. The molecule has 1 amide bonds. The first kappa shape index (κ1) is 16.3. The summed E-state index contributed by atoms with van der Waals surface area (Å²) in [6.07, 6.45) is 5.99. The Bertz CT molecular complexity index is 769. The quantitative estimate of drug-likeness (QED) is 0.627. The summed E-state index contributed by atoms with van der Waals surface area (Å²) in [6.45, 7) is 0.594. The summed E-state index contributed by atoms with van der Waals surface area (Å²) in [7, 11) is 0. The molecule has 2 heterocycles. The van der Waals surface area contributed by atoms with E-state index in [0.717, 1.165) is 19.3 Å². The molecule has 1 unspecified atom stereocenters. The van der Waals surface area contributed by atoms with Gasteiger partial charge in [0.2, 0.25) is 0 Å². The first-order chi connectivity index (χ1) is 11.6. The summed E-state index contributed by atoms with van der Waals surface area (Å²) in [6, 6.07) is 5.58. The number of likely N-dealkylation sites (tertiary alicyclic amines) is 1. The number of piperidine rings is 1. The van der Waals surface area contributed by atoms with Crippen LogP contribution in [0, 0.1) is 10.1 Å². The molecule has 124 valence electrons. The topological polar surface area (TPSA) is 89.2 Å². The van der Waals surface area contributed by atoms with Crippen molar-refractivity contribution in [3.05, 3.63) is 63.2 Å². The van der Waals surface area contributed by atoms with Crippen LogP contribution in [0.3, 0.4) is 0 Å². The first-order valence-corrected chi connectivity index (χ1v) is 7.97. The molecule has 0 radical (unpaired) electrons. The molecular formula is C16H15ClN4O3. The van der Waals surface area contributed by atoms with Gasteiger partial charge in [-0.1, -0.05) is 11.6 Å². The summed E-state index contributed by atoms with van der Waals surface area (Å²) in [5.74, 6) is 0.391. The monoisotopic (exact) mass is 346 g/mol. The number of halogens is 1. The molecule has 0 N–H and O–H groups in total. The van der Waals surface area contributed by atoms with Gasteiger partial charge in [0.1, 0.15) is 5.02 Å². The highest BCUT2D eigenvalue weighted by Crippen LogP contribution is 2.31. The summed E-state index contributed by atoms with van der Waals surface area (Å²) >= 11 is 5.92. The molecule has 0 aliphatic carbocycles. The van der Waals surface area contributed by atoms with Crippen LogP contribution in [0.15, 0.2) is 36.7 Å². The van der Waals surface area contributed by atoms with Gasteiger partial charge >= 0.3 is 0 Å². The number of carbonyl (C=O) groups is 1. The van der Waals surface area contributed by atoms with Gasteiger partial charge in [0.25, 0.3) is 11.6 Å². The van der Waals surface area contributed by atoms with Crippen LogP contribution in [0.1, 0.15) is 41.5 Å². The van der Waals surface area contributed by atoms with Crippen LogP contribution in [0.25, 0.3) is 0 Å². The van der Waals surface area contributed by atoms with E-state index >= 15 is 0 Å². The second-order valence-corrected chi connectivity index (χ2v) is 5.95. The van der Waals surface area contributed by atoms with E-state index in [-0.39, 0.29) is 22.7 Å². The SMILES string of the molecule is O=C(c1ccc([N+](=O)[O-])c(Cl)c1)N1CCCCC1c1ncccn1. The van der Waals surface area contributed by atoms with Crippen molar-refractivity contribution in [1.82, 2.24) is 14.9 Å². The number of aromatic nitrogens is 2. The zero-order valence-corrected chi connectivity index (χ0v) is 13.5. The van der Waals surface area contributed by atoms with Crippen LogP contribution in [0.4, 0.5) is 5.69 Å². The lowest BCUT2D eigenvalue weighted by Crippen LogP contribution is -2.39. The highest BCUT2D eigenvalue weighted by Gasteiger charge is 2.31. The van der Waals surface area contributed by atoms with Gasteiger partial charge in [-0.05, 0) is 37.5 Å². The van der Waals surface area contributed by atoms with Crippen molar-refractivity contribution in [3.63, 3.8) is 0 Å².